The van der Waals surface area contributed by atoms with Crippen molar-refractivity contribution in [3.63, 3.8) is 0 Å². The van der Waals surface area contributed by atoms with Gasteiger partial charge in [0.1, 0.15) is 0 Å². The molecule has 6 nitrogen and oxygen atoms in total. The Bertz CT molecular complexity index is 598. The molecule has 2 N–H and O–H groups in total. The van der Waals surface area contributed by atoms with Gasteiger partial charge >= 0.3 is 0 Å². The molecule has 1 atom stereocenters. The Hall–Kier alpha value is -2.34. The molecule has 0 aliphatic rings. The standard InChI is InChI=1S/C19H29N5O/c1-3-21-19(23-12-14-24-13-11-20-16-24)22-10-7-15-25-17(2)18-8-5-4-6-9-18/h4-6,8-9,11,13,16-17H,3,7,10,12,14-15H2,1-2H3,(H2,21,22,23). The molecule has 1 unspecified atom stereocenters. The molecule has 1 aromatic heterocycles. The molecule has 0 saturated heterocycles. The Morgan fingerprint density at radius 1 is 1.28 bits per heavy atom. The fourth-order valence-corrected chi connectivity index (χ4v) is 2.40. The first-order valence-corrected chi connectivity index (χ1v) is 8.94. The van der Waals surface area contributed by atoms with Gasteiger partial charge in [-0.05, 0) is 25.8 Å². The second-order valence-electron chi connectivity index (χ2n) is 5.77. The lowest BCUT2D eigenvalue weighted by Crippen LogP contribution is -2.38. The molecule has 0 amide bonds. The maximum atomic E-state index is 5.88. The van der Waals surface area contributed by atoms with Crippen molar-refractivity contribution in [3.05, 3.63) is 54.6 Å². The zero-order valence-electron chi connectivity index (χ0n) is 15.2. The van der Waals surface area contributed by atoms with E-state index < -0.39 is 0 Å². The Morgan fingerprint density at radius 3 is 2.84 bits per heavy atom. The number of imidazole rings is 1. The van der Waals surface area contributed by atoms with Crippen LogP contribution in [0.15, 0.2) is 54.0 Å². The second kappa shape index (κ2) is 11.3. The SMILES string of the molecule is CCNC(=NCCCOC(C)c1ccccc1)NCCn1ccnc1. The maximum absolute atomic E-state index is 5.88. The van der Waals surface area contributed by atoms with Gasteiger partial charge in [0.15, 0.2) is 5.96 Å². The van der Waals surface area contributed by atoms with Crippen molar-refractivity contribution in [2.75, 3.05) is 26.2 Å². The van der Waals surface area contributed by atoms with Crippen LogP contribution in [0, 0.1) is 0 Å². The molecule has 0 bridgehead atoms. The van der Waals surface area contributed by atoms with Crippen molar-refractivity contribution in [1.29, 1.82) is 0 Å². The first-order chi connectivity index (χ1) is 12.3. The Balaban J connectivity index is 1.64. The molecule has 25 heavy (non-hydrogen) atoms. The molecule has 0 fully saturated rings. The Kier molecular flexibility index (Phi) is 8.55. The van der Waals surface area contributed by atoms with Crippen LogP contribution in [0.1, 0.15) is 31.9 Å². The van der Waals surface area contributed by atoms with E-state index in [1.807, 2.05) is 35.3 Å². The van der Waals surface area contributed by atoms with E-state index in [9.17, 15) is 0 Å². The molecular weight excluding hydrogens is 314 g/mol. The van der Waals surface area contributed by atoms with Crippen LogP contribution in [0.4, 0.5) is 0 Å². The molecule has 0 aliphatic carbocycles. The van der Waals surface area contributed by atoms with Gasteiger partial charge in [-0.3, -0.25) is 4.99 Å². The average Bonchev–Trinajstić information content (AvgIpc) is 3.15. The first-order valence-electron chi connectivity index (χ1n) is 8.94. The number of ether oxygens (including phenoxy) is 1. The molecule has 6 heteroatoms. The third kappa shape index (κ3) is 7.39. The molecular formula is C19H29N5O. The fourth-order valence-electron chi connectivity index (χ4n) is 2.40. The largest absolute Gasteiger partial charge is 0.374 e. The summed E-state index contributed by atoms with van der Waals surface area (Å²) in [5, 5.41) is 6.60. The van der Waals surface area contributed by atoms with E-state index in [4.69, 9.17) is 4.74 Å². The zero-order valence-corrected chi connectivity index (χ0v) is 15.2. The van der Waals surface area contributed by atoms with E-state index in [2.05, 4.69) is 46.6 Å². The summed E-state index contributed by atoms with van der Waals surface area (Å²) in [6.07, 6.45) is 6.57. The van der Waals surface area contributed by atoms with Crippen molar-refractivity contribution in [2.24, 2.45) is 4.99 Å². The minimum atomic E-state index is 0.117. The van der Waals surface area contributed by atoms with Crippen LogP contribution < -0.4 is 10.6 Å². The van der Waals surface area contributed by atoms with E-state index >= 15 is 0 Å². The van der Waals surface area contributed by atoms with Gasteiger partial charge in [0.2, 0.25) is 0 Å². The molecule has 0 saturated carbocycles. The van der Waals surface area contributed by atoms with Crippen molar-refractivity contribution >= 4 is 5.96 Å². The molecule has 0 radical (unpaired) electrons. The van der Waals surface area contributed by atoms with Crippen molar-refractivity contribution < 1.29 is 4.74 Å². The zero-order chi connectivity index (χ0) is 17.7. The van der Waals surface area contributed by atoms with E-state index in [-0.39, 0.29) is 6.10 Å². The van der Waals surface area contributed by atoms with Gasteiger partial charge in [0, 0.05) is 45.2 Å². The minimum Gasteiger partial charge on any atom is -0.374 e. The van der Waals surface area contributed by atoms with Gasteiger partial charge in [0.25, 0.3) is 0 Å². The highest BCUT2D eigenvalue weighted by Gasteiger charge is 2.04. The van der Waals surface area contributed by atoms with Crippen LogP contribution in [0.2, 0.25) is 0 Å². The highest BCUT2D eigenvalue weighted by molar-refractivity contribution is 5.79. The third-order valence-electron chi connectivity index (χ3n) is 3.78. The molecule has 2 aromatic rings. The number of aliphatic imine (C=N–C) groups is 1. The number of nitrogens with zero attached hydrogens (tertiary/aromatic N) is 3. The maximum Gasteiger partial charge on any atom is 0.191 e. The Labute approximate surface area is 150 Å². The number of benzene rings is 1. The third-order valence-corrected chi connectivity index (χ3v) is 3.78. The van der Waals surface area contributed by atoms with Gasteiger partial charge < -0.3 is 19.9 Å². The second-order valence-corrected chi connectivity index (χ2v) is 5.77. The molecule has 1 heterocycles. The quantitative estimate of drug-likeness (QED) is 0.395. The number of rotatable bonds is 10. The summed E-state index contributed by atoms with van der Waals surface area (Å²) in [6, 6.07) is 10.3. The van der Waals surface area contributed by atoms with Gasteiger partial charge in [-0.25, -0.2) is 4.98 Å². The van der Waals surface area contributed by atoms with Crippen LogP contribution in [0.25, 0.3) is 0 Å². The number of guanidine groups is 1. The van der Waals surface area contributed by atoms with Crippen molar-refractivity contribution in [1.82, 2.24) is 20.2 Å². The number of aromatic nitrogens is 2. The Morgan fingerprint density at radius 2 is 2.12 bits per heavy atom. The molecule has 0 spiro atoms. The number of hydrogen-bond donors (Lipinski definition) is 2. The van der Waals surface area contributed by atoms with E-state index in [1.165, 1.54) is 5.56 Å². The summed E-state index contributed by atoms with van der Waals surface area (Å²) in [5.74, 6) is 0.846. The van der Waals surface area contributed by atoms with Crippen LogP contribution in [-0.2, 0) is 11.3 Å². The molecule has 0 aliphatic heterocycles. The first kappa shape index (κ1) is 19.0. The molecule has 2 rings (SSSR count). The number of hydrogen-bond acceptors (Lipinski definition) is 3. The average molecular weight is 343 g/mol. The summed E-state index contributed by atoms with van der Waals surface area (Å²) in [7, 11) is 0. The van der Waals surface area contributed by atoms with Crippen LogP contribution >= 0.6 is 0 Å². The van der Waals surface area contributed by atoms with Gasteiger partial charge in [-0.2, -0.15) is 0 Å². The van der Waals surface area contributed by atoms with Crippen molar-refractivity contribution in [3.8, 4) is 0 Å². The fraction of sp³-hybridized carbons (Fsp3) is 0.474. The van der Waals surface area contributed by atoms with Crippen LogP contribution in [0.5, 0.6) is 0 Å². The van der Waals surface area contributed by atoms with E-state index in [1.54, 1.807) is 6.20 Å². The summed E-state index contributed by atoms with van der Waals surface area (Å²) < 4.78 is 7.92. The minimum absolute atomic E-state index is 0.117. The normalized spacial score (nSPS) is 12.8. The van der Waals surface area contributed by atoms with Gasteiger partial charge in [-0.15, -0.1) is 0 Å². The molecule has 136 valence electrons. The summed E-state index contributed by atoms with van der Waals surface area (Å²) in [5.41, 5.74) is 1.21. The van der Waals surface area contributed by atoms with Gasteiger partial charge in [0.05, 0.1) is 12.4 Å². The summed E-state index contributed by atoms with van der Waals surface area (Å²) in [4.78, 5) is 8.63. The van der Waals surface area contributed by atoms with E-state index in [0.717, 1.165) is 38.6 Å². The summed E-state index contributed by atoms with van der Waals surface area (Å²) in [6.45, 7) is 8.11. The van der Waals surface area contributed by atoms with Gasteiger partial charge in [-0.1, -0.05) is 30.3 Å². The highest BCUT2D eigenvalue weighted by atomic mass is 16.5. The molecule has 1 aromatic carbocycles. The van der Waals surface area contributed by atoms with Crippen LogP contribution in [-0.4, -0.2) is 41.8 Å². The smallest absolute Gasteiger partial charge is 0.191 e. The highest BCUT2D eigenvalue weighted by Crippen LogP contribution is 2.15. The van der Waals surface area contributed by atoms with Crippen LogP contribution in [0.3, 0.4) is 0 Å². The lowest BCUT2D eigenvalue weighted by molar-refractivity contribution is 0.0652. The monoisotopic (exact) mass is 343 g/mol. The summed E-state index contributed by atoms with van der Waals surface area (Å²) >= 11 is 0. The van der Waals surface area contributed by atoms with E-state index in [0.29, 0.717) is 6.61 Å². The topological polar surface area (TPSA) is 63.5 Å². The predicted octanol–water partition coefficient (Wildman–Crippen LogP) is 2.61. The predicted molar refractivity (Wildman–Crippen MR) is 102 cm³/mol. The number of nitrogens with one attached hydrogen (secondary N) is 2. The van der Waals surface area contributed by atoms with Crippen molar-refractivity contribution in [2.45, 2.75) is 32.9 Å². The lowest BCUT2D eigenvalue weighted by atomic mass is 10.1. The lowest BCUT2D eigenvalue weighted by Gasteiger charge is -2.13.